The van der Waals surface area contributed by atoms with Crippen molar-refractivity contribution in [2.24, 2.45) is 0 Å². The molecule has 4 nitrogen and oxygen atoms in total. The van der Waals surface area contributed by atoms with Crippen LogP contribution < -0.4 is 5.32 Å². The van der Waals surface area contributed by atoms with Crippen molar-refractivity contribution in [3.63, 3.8) is 0 Å². The number of hydrogen-bond acceptors (Lipinski definition) is 3. The first-order valence-corrected chi connectivity index (χ1v) is 11.0. The molecule has 1 amide bonds. The Morgan fingerprint density at radius 2 is 1.41 bits per heavy atom. The summed E-state index contributed by atoms with van der Waals surface area (Å²) in [6.07, 6.45) is 0. The zero-order chi connectivity index (χ0) is 22.2. The standard InChI is InChI=1S/C27H19NO3S/c1-16-10-12-17(13-11-16)22-15-32-26(24(22)27(30)31)28-25(29)23-20-8-4-2-6-18(20)14-19-7-3-5-9-21(19)23/h2-15H,1H3,(H,28,29)(H,30,31). The van der Waals surface area contributed by atoms with Crippen LogP contribution in [0.3, 0.4) is 0 Å². The summed E-state index contributed by atoms with van der Waals surface area (Å²) in [6.45, 7) is 1.98. The minimum atomic E-state index is -1.07. The van der Waals surface area contributed by atoms with Crippen LogP contribution in [-0.2, 0) is 0 Å². The smallest absolute Gasteiger partial charge is 0.339 e. The molecule has 1 aromatic heterocycles. The lowest BCUT2D eigenvalue weighted by atomic mass is 9.96. The average molecular weight is 438 g/mol. The Hall–Kier alpha value is -3.96. The van der Waals surface area contributed by atoms with Gasteiger partial charge in [-0.1, -0.05) is 78.4 Å². The van der Waals surface area contributed by atoms with Gasteiger partial charge in [0.15, 0.2) is 0 Å². The van der Waals surface area contributed by atoms with Gasteiger partial charge < -0.3 is 10.4 Å². The van der Waals surface area contributed by atoms with Crippen LogP contribution in [0, 0.1) is 6.92 Å². The fourth-order valence-corrected chi connectivity index (χ4v) is 4.99. The second-order valence-electron chi connectivity index (χ2n) is 7.67. The number of anilines is 1. The number of fused-ring (bicyclic) bond motifs is 2. The predicted octanol–water partition coefficient (Wildman–Crippen LogP) is 6.98. The van der Waals surface area contributed by atoms with Crippen LogP contribution in [0.25, 0.3) is 32.7 Å². The van der Waals surface area contributed by atoms with Crippen LogP contribution in [-0.4, -0.2) is 17.0 Å². The lowest BCUT2D eigenvalue weighted by Gasteiger charge is -2.12. The second kappa shape index (κ2) is 7.94. The third-order valence-corrected chi connectivity index (χ3v) is 6.49. The largest absolute Gasteiger partial charge is 0.478 e. The molecule has 0 spiro atoms. The maximum Gasteiger partial charge on any atom is 0.339 e. The van der Waals surface area contributed by atoms with E-state index in [1.165, 1.54) is 11.3 Å². The number of thiophene rings is 1. The van der Waals surface area contributed by atoms with Crippen molar-refractivity contribution < 1.29 is 14.7 Å². The maximum atomic E-state index is 13.5. The van der Waals surface area contributed by atoms with Crippen LogP contribution in [0.5, 0.6) is 0 Å². The number of amides is 1. The molecule has 2 N–H and O–H groups in total. The monoisotopic (exact) mass is 437 g/mol. The molecule has 0 saturated heterocycles. The molecule has 0 aliphatic rings. The van der Waals surface area contributed by atoms with Crippen LogP contribution in [0.15, 0.2) is 84.2 Å². The highest BCUT2D eigenvalue weighted by Crippen LogP contribution is 2.37. The number of carboxylic acid groups (broad SMARTS) is 1. The van der Waals surface area contributed by atoms with E-state index in [0.717, 1.165) is 32.7 Å². The fraction of sp³-hybridized carbons (Fsp3) is 0.0370. The van der Waals surface area contributed by atoms with Gasteiger partial charge in [0.25, 0.3) is 5.91 Å². The first kappa shape index (κ1) is 20.0. The molecule has 0 radical (unpaired) electrons. The van der Waals surface area contributed by atoms with Gasteiger partial charge in [-0.05, 0) is 40.1 Å². The van der Waals surface area contributed by atoms with E-state index in [2.05, 4.69) is 11.4 Å². The fourth-order valence-electron chi connectivity index (χ4n) is 4.03. The summed E-state index contributed by atoms with van der Waals surface area (Å²) >= 11 is 1.22. The number of nitrogens with one attached hydrogen (secondary N) is 1. The molecular formula is C27H19NO3S. The van der Waals surface area contributed by atoms with Crippen molar-refractivity contribution in [2.45, 2.75) is 6.92 Å². The SMILES string of the molecule is Cc1ccc(-c2csc(NC(=O)c3c4ccccc4cc4ccccc34)c2C(=O)O)cc1. The van der Waals surface area contributed by atoms with E-state index in [9.17, 15) is 14.7 Å². The molecule has 0 saturated carbocycles. The van der Waals surface area contributed by atoms with E-state index >= 15 is 0 Å². The lowest BCUT2D eigenvalue weighted by molar-refractivity contribution is 0.0699. The molecule has 1 heterocycles. The normalized spacial score (nSPS) is 11.0. The number of benzene rings is 4. The highest BCUT2D eigenvalue weighted by atomic mass is 32.1. The molecule has 0 aliphatic carbocycles. The Morgan fingerprint density at radius 3 is 2.00 bits per heavy atom. The number of rotatable bonds is 4. The van der Waals surface area contributed by atoms with Gasteiger partial charge in [-0.2, -0.15) is 0 Å². The van der Waals surface area contributed by atoms with Crippen molar-refractivity contribution in [1.29, 1.82) is 0 Å². The Labute approximate surface area is 188 Å². The van der Waals surface area contributed by atoms with Crippen molar-refractivity contribution in [1.82, 2.24) is 0 Å². The Kier molecular flexibility index (Phi) is 4.96. The molecule has 0 bridgehead atoms. The summed E-state index contributed by atoms with van der Waals surface area (Å²) in [5, 5.41) is 18.5. The zero-order valence-electron chi connectivity index (χ0n) is 17.3. The third kappa shape index (κ3) is 3.43. The van der Waals surface area contributed by atoms with Gasteiger partial charge in [0.1, 0.15) is 10.6 Å². The van der Waals surface area contributed by atoms with E-state index in [1.807, 2.05) is 79.7 Å². The van der Waals surface area contributed by atoms with Gasteiger partial charge >= 0.3 is 5.97 Å². The Balaban J connectivity index is 1.62. The number of aryl methyl sites for hydroxylation is 1. The van der Waals surface area contributed by atoms with E-state index in [4.69, 9.17) is 0 Å². The molecule has 5 aromatic rings. The van der Waals surface area contributed by atoms with Gasteiger partial charge in [0.2, 0.25) is 0 Å². The van der Waals surface area contributed by atoms with Gasteiger partial charge in [-0.3, -0.25) is 4.79 Å². The van der Waals surface area contributed by atoms with Crippen molar-refractivity contribution >= 4 is 49.8 Å². The summed E-state index contributed by atoms with van der Waals surface area (Å²) in [5.41, 5.74) is 3.15. The third-order valence-electron chi connectivity index (χ3n) is 5.59. The van der Waals surface area contributed by atoms with Crippen molar-refractivity contribution in [2.75, 3.05) is 5.32 Å². The highest BCUT2D eigenvalue weighted by molar-refractivity contribution is 7.15. The number of aromatic carboxylic acids is 1. The molecule has 32 heavy (non-hydrogen) atoms. The second-order valence-corrected chi connectivity index (χ2v) is 8.55. The first-order valence-electron chi connectivity index (χ1n) is 10.2. The topological polar surface area (TPSA) is 66.4 Å². The van der Waals surface area contributed by atoms with Gasteiger partial charge in [-0.15, -0.1) is 11.3 Å². The molecular weight excluding hydrogens is 418 g/mol. The van der Waals surface area contributed by atoms with E-state index < -0.39 is 5.97 Å². The number of hydrogen-bond donors (Lipinski definition) is 2. The van der Waals surface area contributed by atoms with Gasteiger partial charge in [-0.25, -0.2) is 4.79 Å². The van der Waals surface area contributed by atoms with Crippen LogP contribution in [0.2, 0.25) is 0 Å². The lowest BCUT2D eigenvalue weighted by Crippen LogP contribution is -2.14. The minimum Gasteiger partial charge on any atom is -0.478 e. The molecule has 5 heteroatoms. The maximum absolute atomic E-state index is 13.5. The van der Waals surface area contributed by atoms with E-state index in [1.54, 1.807) is 5.38 Å². The summed E-state index contributed by atoms with van der Waals surface area (Å²) in [5.74, 6) is -1.39. The first-order chi connectivity index (χ1) is 15.5. The summed E-state index contributed by atoms with van der Waals surface area (Å²) in [7, 11) is 0. The summed E-state index contributed by atoms with van der Waals surface area (Å²) in [6, 6.07) is 25.2. The number of carboxylic acids is 1. The van der Waals surface area contributed by atoms with Gasteiger partial charge in [0, 0.05) is 10.9 Å². The molecule has 4 aromatic carbocycles. The molecule has 0 aliphatic heterocycles. The molecule has 0 fully saturated rings. The Morgan fingerprint density at radius 1 is 0.812 bits per heavy atom. The molecule has 0 atom stereocenters. The van der Waals surface area contributed by atoms with E-state index in [0.29, 0.717) is 16.1 Å². The van der Waals surface area contributed by atoms with Crippen molar-refractivity contribution in [3.05, 3.63) is 101 Å². The summed E-state index contributed by atoms with van der Waals surface area (Å²) in [4.78, 5) is 25.7. The molecule has 0 unspecified atom stereocenters. The predicted molar refractivity (Wildman–Crippen MR) is 131 cm³/mol. The van der Waals surface area contributed by atoms with Crippen molar-refractivity contribution in [3.8, 4) is 11.1 Å². The zero-order valence-corrected chi connectivity index (χ0v) is 18.1. The quantitative estimate of drug-likeness (QED) is 0.298. The number of carbonyl (C=O) groups is 2. The highest BCUT2D eigenvalue weighted by Gasteiger charge is 2.23. The molecule has 156 valence electrons. The number of carbonyl (C=O) groups excluding carboxylic acids is 1. The Bertz CT molecular complexity index is 1450. The average Bonchev–Trinajstić information content (AvgIpc) is 3.21. The summed E-state index contributed by atoms with van der Waals surface area (Å²) < 4.78 is 0. The minimum absolute atomic E-state index is 0.108. The molecule has 5 rings (SSSR count). The van der Waals surface area contributed by atoms with Crippen LogP contribution in [0.4, 0.5) is 5.00 Å². The van der Waals surface area contributed by atoms with Gasteiger partial charge in [0.05, 0.1) is 5.56 Å². The van der Waals surface area contributed by atoms with Crippen LogP contribution >= 0.6 is 11.3 Å². The van der Waals surface area contributed by atoms with Crippen LogP contribution in [0.1, 0.15) is 26.3 Å². The van der Waals surface area contributed by atoms with E-state index in [-0.39, 0.29) is 11.5 Å².